The van der Waals surface area contributed by atoms with Crippen LogP contribution < -0.4 is 10.4 Å². The first kappa shape index (κ1) is 22.6. The van der Waals surface area contributed by atoms with Crippen LogP contribution in [0.5, 0.6) is 5.75 Å². The molecule has 3 rings (SSSR count). The van der Waals surface area contributed by atoms with Gasteiger partial charge >= 0.3 is 11.6 Å². The number of hydrogen-bond donors (Lipinski definition) is 0. The fraction of sp³-hybridized carbons (Fsp3) is 0.292. The zero-order valence-electron chi connectivity index (χ0n) is 17.9. The number of rotatable bonds is 7. The largest absolute Gasteiger partial charge is 0.497 e. The number of thioether (sulfide) groups is 1. The van der Waals surface area contributed by atoms with Gasteiger partial charge in [-0.15, -0.1) is 11.8 Å². The highest BCUT2D eigenvalue weighted by atomic mass is 32.2. The third-order valence-corrected chi connectivity index (χ3v) is 5.82. The Balaban J connectivity index is 1.80. The van der Waals surface area contributed by atoms with E-state index in [1.165, 1.54) is 17.8 Å². The van der Waals surface area contributed by atoms with E-state index in [0.29, 0.717) is 27.5 Å². The summed E-state index contributed by atoms with van der Waals surface area (Å²) in [7, 11) is 1.55. The number of methoxy groups -OCH3 is 1. The van der Waals surface area contributed by atoms with Gasteiger partial charge in [0.1, 0.15) is 11.3 Å². The van der Waals surface area contributed by atoms with E-state index in [1.807, 2.05) is 18.2 Å². The van der Waals surface area contributed by atoms with Crippen LogP contribution in [0.1, 0.15) is 36.7 Å². The molecule has 0 spiro atoms. The quantitative estimate of drug-likeness (QED) is 0.295. The zero-order chi connectivity index (χ0) is 22.6. The van der Waals surface area contributed by atoms with Gasteiger partial charge in [-0.25, -0.2) is 9.59 Å². The van der Waals surface area contributed by atoms with E-state index in [4.69, 9.17) is 13.9 Å². The van der Waals surface area contributed by atoms with Crippen LogP contribution in [0, 0.1) is 5.41 Å². The molecule has 1 aromatic heterocycles. The van der Waals surface area contributed by atoms with Crippen LogP contribution in [0.3, 0.4) is 0 Å². The van der Waals surface area contributed by atoms with Crippen molar-refractivity contribution in [2.75, 3.05) is 13.7 Å². The second-order valence-electron chi connectivity index (χ2n) is 7.99. The molecule has 0 saturated carbocycles. The maximum absolute atomic E-state index is 12.6. The van der Waals surface area contributed by atoms with Crippen molar-refractivity contribution >= 4 is 34.5 Å². The van der Waals surface area contributed by atoms with Crippen molar-refractivity contribution in [1.82, 2.24) is 0 Å². The lowest BCUT2D eigenvalue weighted by Gasteiger charge is -2.16. The van der Waals surface area contributed by atoms with Crippen LogP contribution in [-0.4, -0.2) is 25.5 Å². The number of carbonyl (C=O) groups excluding carboxylic acids is 2. The first-order valence-electron chi connectivity index (χ1n) is 9.72. The highest BCUT2D eigenvalue weighted by Crippen LogP contribution is 2.30. The van der Waals surface area contributed by atoms with E-state index in [-0.39, 0.29) is 12.4 Å². The van der Waals surface area contributed by atoms with Crippen LogP contribution in [0.25, 0.3) is 11.0 Å². The fourth-order valence-corrected chi connectivity index (χ4v) is 3.83. The normalized spacial score (nSPS) is 11.4. The lowest BCUT2D eigenvalue weighted by Crippen LogP contribution is -2.26. The van der Waals surface area contributed by atoms with Gasteiger partial charge in [-0.2, -0.15) is 0 Å². The van der Waals surface area contributed by atoms with Crippen LogP contribution in [-0.2, 0) is 15.3 Å². The van der Waals surface area contributed by atoms with Gasteiger partial charge in [0, 0.05) is 33.6 Å². The molecule has 0 fully saturated rings. The summed E-state index contributed by atoms with van der Waals surface area (Å²) in [5.74, 6) is 0.338. The standard InChI is InChI=1S/C24H24O6S/c1-24(2,3)21(25)13-29-23(27)18-7-5-6-8-20(18)31-14-15-11-22(26)30-19-12-16(28-4)9-10-17(15)19/h5-12H,13-14H2,1-4H3. The topological polar surface area (TPSA) is 82.8 Å². The van der Waals surface area contributed by atoms with Gasteiger partial charge in [-0.1, -0.05) is 32.9 Å². The molecule has 0 bridgehead atoms. The molecule has 6 nitrogen and oxygen atoms in total. The summed E-state index contributed by atoms with van der Waals surface area (Å²) in [6.07, 6.45) is 0. The van der Waals surface area contributed by atoms with Crippen LogP contribution in [0.4, 0.5) is 0 Å². The van der Waals surface area contributed by atoms with E-state index < -0.39 is 17.0 Å². The Morgan fingerprint density at radius 1 is 1.06 bits per heavy atom. The lowest BCUT2D eigenvalue weighted by molar-refractivity contribution is -0.129. The summed E-state index contributed by atoms with van der Waals surface area (Å²) in [4.78, 5) is 37.3. The lowest BCUT2D eigenvalue weighted by atomic mass is 9.91. The molecule has 0 aliphatic carbocycles. The van der Waals surface area contributed by atoms with Crippen molar-refractivity contribution < 1.29 is 23.5 Å². The van der Waals surface area contributed by atoms with E-state index >= 15 is 0 Å². The third-order valence-electron chi connectivity index (χ3n) is 4.70. The van der Waals surface area contributed by atoms with E-state index in [1.54, 1.807) is 52.1 Å². The van der Waals surface area contributed by atoms with Gasteiger partial charge < -0.3 is 13.9 Å². The van der Waals surface area contributed by atoms with Crippen molar-refractivity contribution in [3.8, 4) is 5.75 Å². The van der Waals surface area contributed by atoms with E-state index in [0.717, 1.165) is 10.9 Å². The monoisotopic (exact) mass is 440 g/mol. The number of benzene rings is 2. The molecule has 0 aliphatic rings. The highest BCUT2D eigenvalue weighted by molar-refractivity contribution is 7.98. The number of fused-ring (bicyclic) bond motifs is 1. The summed E-state index contributed by atoms with van der Waals surface area (Å²) in [5.41, 5.74) is 0.570. The highest BCUT2D eigenvalue weighted by Gasteiger charge is 2.23. The molecule has 162 valence electrons. The average Bonchev–Trinajstić information content (AvgIpc) is 2.74. The molecule has 0 aliphatic heterocycles. The number of Topliss-reactive ketones (excluding diaryl/α,β-unsaturated/α-hetero) is 1. The molecule has 3 aromatic rings. The molecule has 0 N–H and O–H groups in total. The minimum absolute atomic E-state index is 0.149. The molecule has 0 amide bonds. The second-order valence-corrected chi connectivity index (χ2v) is 9.00. The molecule has 7 heteroatoms. The molecule has 2 aromatic carbocycles. The number of carbonyl (C=O) groups is 2. The van der Waals surface area contributed by atoms with Gasteiger partial charge in [-0.3, -0.25) is 4.79 Å². The van der Waals surface area contributed by atoms with E-state index in [9.17, 15) is 14.4 Å². The predicted octanol–water partition coefficient (Wildman–Crippen LogP) is 4.87. The fourth-order valence-electron chi connectivity index (χ4n) is 2.80. The minimum atomic E-state index is -0.577. The average molecular weight is 441 g/mol. The molecule has 1 heterocycles. The predicted molar refractivity (Wildman–Crippen MR) is 120 cm³/mol. The second kappa shape index (κ2) is 9.39. The zero-order valence-corrected chi connectivity index (χ0v) is 18.7. The Kier molecular flexibility index (Phi) is 6.85. The van der Waals surface area contributed by atoms with Crippen molar-refractivity contribution in [3.05, 3.63) is 70.1 Å². The van der Waals surface area contributed by atoms with Crippen molar-refractivity contribution in [2.45, 2.75) is 31.4 Å². The van der Waals surface area contributed by atoms with Crippen molar-refractivity contribution in [1.29, 1.82) is 0 Å². The van der Waals surface area contributed by atoms with Crippen LogP contribution >= 0.6 is 11.8 Å². The summed E-state index contributed by atoms with van der Waals surface area (Å²) in [6, 6.07) is 13.8. The third kappa shape index (κ3) is 5.55. The smallest absolute Gasteiger partial charge is 0.339 e. The summed E-state index contributed by atoms with van der Waals surface area (Å²) in [5, 5.41) is 0.795. The van der Waals surface area contributed by atoms with Crippen molar-refractivity contribution in [2.24, 2.45) is 5.41 Å². The Bertz CT molecular complexity index is 1170. The molecule has 0 atom stereocenters. The van der Waals surface area contributed by atoms with Gasteiger partial charge in [0.25, 0.3) is 0 Å². The molecule has 0 radical (unpaired) electrons. The summed E-state index contributed by atoms with van der Waals surface area (Å²) in [6.45, 7) is 5.07. The van der Waals surface area contributed by atoms with Gasteiger partial charge in [-0.05, 0) is 29.8 Å². The van der Waals surface area contributed by atoms with Gasteiger partial charge in [0.05, 0.1) is 12.7 Å². The van der Waals surface area contributed by atoms with Gasteiger partial charge in [0.2, 0.25) is 0 Å². The van der Waals surface area contributed by atoms with Crippen LogP contribution in [0.2, 0.25) is 0 Å². The van der Waals surface area contributed by atoms with Gasteiger partial charge in [0.15, 0.2) is 12.4 Å². The Labute approximate surface area is 184 Å². The first-order valence-corrected chi connectivity index (χ1v) is 10.7. The Morgan fingerprint density at radius 3 is 2.52 bits per heavy atom. The first-order chi connectivity index (χ1) is 14.7. The molecule has 0 saturated heterocycles. The maximum Gasteiger partial charge on any atom is 0.339 e. The van der Waals surface area contributed by atoms with E-state index in [2.05, 4.69) is 0 Å². The number of ketones is 1. The molecule has 31 heavy (non-hydrogen) atoms. The minimum Gasteiger partial charge on any atom is -0.497 e. The summed E-state index contributed by atoms with van der Waals surface area (Å²) < 4.78 is 15.7. The van der Waals surface area contributed by atoms with Crippen LogP contribution in [0.15, 0.2) is 62.6 Å². The Morgan fingerprint density at radius 2 is 1.81 bits per heavy atom. The number of esters is 1. The van der Waals surface area contributed by atoms with Crippen molar-refractivity contribution in [3.63, 3.8) is 0 Å². The summed E-state index contributed by atoms with van der Waals surface area (Å²) >= 11 is 1.40. The number of hydrogen-bond acceptors (Lipinski definition) is 7. The molecular formula is C24H24O6S. The molecule has 0 unspecified atom stereocenters. The Hall–Kier alpha value is -3.06. The SMILES string of the molecule is COc1ccc2c(CSc3ccccc3C(=O)OCC(=O)C(C)(C)C)cc(=O)oc2c1. The molecular weight excluding hydrogens is 416 g/mol. The number of ether oxygens (including phenoxy) is 2. The maximum atomic E-state index is 12.6.